The first-order chi connectivity index (χ1) is 12.5. The number of nitrogens with one attached hydrogen (secondary N) is 2. The molecule has 0 aliphatic rings. The molecular formula is C18H26N4O3S. The molecule has 0 radical (unpaired) electrons. The molecule has 0 saturated carbocycles. The number of hydrogen-bond donors (Lipinski definition) is 2. The fraction of sp³-hybridized carbons (Fsp3) is 0.444. The highest BCUT2D eigenvalue weighted by molar-refractivity contribution is 7.11. The Morgan fingerprint density at radius 3 is 2.27 bits per heavy atom. The fourth-order valence-electron chi connectivity index (χ4n) is 2.48. The highest BCUT2D eigenvalue weighted by Crippen LogP contribution is 2.39. The number of hydrogen-bond acceptors (Lipinski definition) is 6. The molecule has 0 spiro atoms. The molecule has 26 heavy (non-hydrogen) atoms. The third-order valence-electron chi connectivity index (χ3n) is 3.94. The van der Waals surface area contributed by atoms with Crippen LogP contribution in [0.4, 0.5) is 0 Å². The molecule has 0 amide bonds. The van der Waals surface area contributed by atoms with Gasteiger partial charge in [0.25, 0.3) is 0 Å². The lowest BCUT2D eigenvalue weighted by Gasteiger charge is -2.17. The summed E-state index contributed by atoms with van der Waals surface area (Å²) in [7, 11) is 6.54. The molecule has 0 atom stereocenters. The largest absolute Gasteiger partial charge is 0.493 e. The van der Waals surface area contributed by atoms with Gasteiger partial charge in [0.2, 0.25) is 5.75 Å². The van der Waals surface area contributed by atoms with Crippen LogP contribution < -0.4 is 24.8 Å². The first-order valence-electron chi connectivity index (χ1n) is 8.19. The van der Waals surface area contributed by atoms with Crippen LogP contribution in [0.25, 0.3) is 0 Å². The van der Waals surface area contributed by atoms with Gasteiger partial charge in [0.15, 0.2) is 17.5 Å². The number of thiazole rings is 1. The molecule has 8 heteroatoms. The van der Waals surface area contributed by atoms with E-state index < -0.39 is 0 Å². The summed E-state index contributed by atoms with van der Waals surface area (Å²) < 4.78 is 16.2. The second kappa shape index (κ2) is 9.28. The number of benzene rings is 1. The molecule has 1 aromatic carbocycles. The van der Waals surface area contributed by atoms with Crippen molar-refractivity contribution < 1.29 is 14.2 Å². The summed E-state index contributed by atoms with van der Waals surface area (Å²) in [6, 6.07) is 3.80. The minimum absolute atomic E-state index is 0.527. The van der Waals surface area contributed by atoms with Crippen LogP contribution >= 0.6 is 11.3 Å². The standard InChI is InChI=1S/C18H26N4O3S/c1-11-12(2)26-15(22-11)10-21-18(19-3)20-9-13-7-8-14(23-4)17(25-6)16(13)24-5/h7-8H,9-10H2,1-6H3,(H2,19,20,21). The Bertz CT molecular complexity index is 755. The van der Waals surface area contributed by atoms with Crippen LogP contribution in [0.3, 0.4) is 0 Å². The van der Waals surface area contributed by atoms with E-state index in [-0.39, 0.29) is 0 Å². The summed E-state index contributed by atoms with van der Waals surface area (Å²) in [5.74, 6) is 2.53. The molecule has 1 aromatic heterocycles. The maximum absolute atomic E-state index is 5.51. The van der Waals surface area contributed by atoms with Gasteiger partial charge in [-0.25, -0.2) is 4.98 Å². The van der Waals surface area contributed by atoms with Gasteiger partial charge in [0.1, 0.15) is 5.01 Å². The Morgan fingerprint density at radius 2 is 1.73 bits per heavy atom. The van der Waals surface area contributed by atoms with Crippen LogP contribution in [0.15, 0.2) is 17.1 Å². The topological polar surface area (TPSA) is 77.0 Å². The summed E-state index contributed by atoms with van der Waals surface area (Å²) in [6.45, 7) is 5.25. The second-order valence-corrected chi connectivity index (χ2v) is 6.81. The minimum Gasteiger partial charge on any atom is -0.493 e. The zero-order chi connectivity index (χ0) is 19.1. The number of aliphatic imine (C=N–C) groups is 1. The Hall–Kier alpha value is -2.48. The van der Waals surface area contributed by atoms with E-state index >= 15 is 0 Å². The van der Waals surface area contributed by atoms with Gasteiger partial charge in [-0.3, -0.25) is 4.99 Å². The van der Waals surface area contributed by atoms with Crippen molar-refractivity contribution in [3.05, 3.63) is 33.3 Å². The van der Waals surface area contributed by atoms with Crippen molar-refractivity contribution >= 4 is 17.3 Å². The SMILES string of the molecule is CN=C(NCc1nc(C)c(C)s1)NCc1ccc(OC)c(OC)c1OC. The smallest absolute Gasteiger partial charge is 0.203 e. The highest BCUT2D eigenvalue weighted by atomic mass is 32.1. The first kappa shape index (κ1) is 19.8. The lowest BCUT2D eigenvalue weighted by Crippen LogP contribution is -2.36. The Kier molecular flexibility index (Phi) is 7.08. The van der Waals surface area contributed by atoms with Gasteiger partial charge in [0.05, 0.1) is 33.6 Å². The monoisotopic (exact) mass is 378 g/mol. The van der Waals surface area contributed by atoms with Crippen molar-refractivity contribution in [3.63, 3.8) is 0 Å². The molecule has 1 heterocycles. The average Bonchev–Trinajstić information content (AvgIpc) is 2.98. The average molecular weight is 378 g/mol. The maximum Gasteiger partial charge on any atom is 0.203 e. The fourth-order valence-corrected chi connectivity index (χ4v) is 3.35. The molecule has 2 rings (SSSR count). The summed E-state index contributed by atoms with van der Waals surface area (Å²) in [5, 5.41) is 7.59. The predicted molar refractivity (Wildman–Crippen MR) is 105 cm³/mol. The van der Waals surface area contributed by atoms with E-state index in [1.165, 1.54) is 4.88 Å². The zero-order valence-corrected chi connectivity index (χ0v) is 16.9. The first-order valence-corrected chi connectivity index (χ1v) is 9.00. The van der Waals surface area contributed by atoms with Gasteiger partial charge < -0.3 is 24.8 Å². The Morgan fingerprint density at radius 1 is 1.04 bits per heavy atom. The van der Waals surface area contributed by atoms with Crippen LogP contribution in [-0.2, 0) is 13.1 Å². The van der Waals surface area contributed by atoms with E-state index in [0.717, 1.165) is 16.3 Å². The maximum atomic E-state index is 5.51. The molecule has 0 fully saturated rings. The number of guanidine groups is 1. The summed E-state index contributed by atoms with van der Waals surface area (Å²) in [4.78, 5) is 10.0. The lowest BCUT2D eigenvalue weighted by atomic mass is 10.1. The summed E-state index contributed by atoms with van der Waals surface area (Å²) in [5.41, 5.74) is 2.01. The molecule has 0 saturated heterocycles. The molecule has 142 valence electrons. The van der Waals surface area contributed by atoms with Crippen molar-refractivity contribution in [1.82, 2.24) is 15.6 Å². The van der Waals surface area contributed by atoms with E-state index in [1.54, 1.807) is 39.7 Å². The Labute approximate surface area is 158 Å². The van der Waals surface area contributed by atoms with Crippen molar-refractivity contribution in [2.24, 2.45) is 4.99 Å². The van der Waals surface area contributed by atoms with Crippen molar-refractivity contribution in [2.75, 3.05) is 28.4 Å². The normalized spacial score (nSPS) is 11.2. The van der Waals surface area contributed by atoms with Crippen molar-refractivity contribution in [2.45, 2.75) is 26.9 Å². The van der Waals surface area contributed by atoms with Gasteiger partial charge in [0, 0.05) is 24.0 Å². The molecule has 0 bridgehead atoms. The predicted octanol–water partition coefficient (Wildman–Crippen LogP) is 2.65. The second-order valence-electron chi connectivity index (χ2n) is 5.52. The van der Waals surface area contributed by atoms with E-state index in [2.05, 4.69) is 27.5 Å². The van der Waals surface area contributed by atoms with E-state index in [4.69, 9.17) is 14.2 Å². The zero-order valence-electron chi connectivity index (χ0n) is 16.1. The molecule has 0 aliphatic heterocycles. The molecule has 2 N–H and O–H groups in total. The lowest BCUT2D eigenvalue weighted by molar-refractivity contribution is 0.322. The third kappa shape index (κ3) is 4.57. The number of aromatic nitrogens is 1. The van der Waals surface area contributed by atoms with Gasteiger partial charge in [-0.1, -0.05) is 0 Å². The Balaban J connectivity index is 2.04. The van der Waals surface area contributed by atoms with Crippen LogP contribution in [0.5, 0.6) is 17.2 Å². The molecule has 2 aromatic rings. The molecular weight excluding hydrogens is 352 g/mol. The number of ether oxygens (including phenoxy) is 3. The molecule has 7 nitrogen and oxygen atoms in total. The van der Waals surface area contributed by atoms with Gasteiger partial charge in [-0.15, -0.1) is 11.3 Å². The van der Waals surface area contributed by atoms with Crippen LogP contribution in [0.2, 0.25) is 0 Å². The number of rotatable bonds is 7. The number of aryl methyl sites for hydroxylation is 2. The number of methoxy groups -OCH3 is 3. The van der Waals surface area contributed by atoms with E-state index in [0.29, 0.717) is 36.3 Å². The van der Waals surface area contributed by atoms with Gasteiger partial charge in [-0.2, -0.15) is 0 Å². The third-order valence-corrected chi connectivity index (χ3v) is 5.01. The summed E-state index contributed by atoms with van der Waals surface area (Å²) in [6.07, 6.45) is 0. The minimum atomic E-state index is 0.527. The van der Waals surface area contributed by atoms with E-state index in [1.807, 2.05) is 19.1 Å². The molecule has 0 unspecified atom stereocenters. The van der Waals surface area contributed by atoms with Crippen LogP contribution in [-0.4, -0.2) is 39.3 Å². The van der Waals surface area contributed by atoms with Crippen molar-refractivity contribution in [1.29, 1.82) is 0 Å². The van der Waals surface area contributed by atoms with E-state index in [9.17, 15) is 0 Å². The van der Waals surface area contributed by atoms with Crippen molar-refractivity contribution in [3.8, 4) is 17.2 Å². The molecule has 0 aliphatic carbocycles. The summed E-state index contributed by atoms with van der Waals surface area (Å²) >= 11 is 1.69. The highest BCUT2D eigenvalue weighted by Gasteiger charge is 2.16. The van der Waals surface area contributed by atoms with Crippen LogP contribution in [0.1, 0.15) is 21.1 Å². The van der Waals surface area contributed by atoms with Gasteiger partial charge in [-0.05, 0) is 26.0 Å². The van der Waals surface area contributed by atoms with Crippen LogP contribution in [0, 0.1) is 13.8 Å². The quantitative estimate of drug-likeness (QED) is 0.570. The number of nitrogens with zero attached hydrogens (tertiary/aromatic N) is 2. The van der Waals surface area contributed by atoms with Gasteiger partial charge >= 0.3 is 0 Å².